The largest absolute Gasteiger partial charge is 0.497 e. The van der Waals surface area contributed by atoms with Gasteiger partial charge in [0.05, 0.1) is 12.0 Å². The Labute approximate surface area is 129 Å². The Morgan fingerprint density at radius 1 is 1.23 bits per heavy atom. The fourth-order valence-electron chi connectivity index (χ4n) is 2.89. The third-order valence-corrected chi connectivity index (χ3v) is 4.02. The van der Waals surface area contributed by atoms with Crippen LogP contribution in [0.25, 0.3) is 0 Å². The molecule has 5 nitrogen and oxygen atoms in total. The van der Waals surface area contributed by atoms with Crippen LogP contribution in [0.4, 0.5) is 11.4 Å². The number of anilines is 1. The Bertz CT molecular complexity index is 683. The fourth-order valence-corrected chi connectivity index (χ4v) is 2.89. The van der Waals surface area contributed by atoms with Gasteiger partial charge in [-0.15, -0.1) is 0 Å². The average Bonchev–Trinajstić information content (AvgIpc) is 2.55. The van der Waals surface area contributed by atoms with Crippen LogP contribution in [0.5, 0.6) is 5.75 Å². The summed E-state index contributed by atoms with van der Waals surface area (Å²) in [7, 11) is 1.68. The number of rotatable bonds is 4. The Hall–Kier alpha value is -2.56. The highest BCUT2D eigenvalue weighted by atomic mass is 16.6. The van der Waals surface area contributed by atoms with Gasteiger partial charge < -0.3 is 9.64 Å². The molecule has 3 rings (SSSR count). The molecule has 114 valence electrons. The summed E-state index contributed by atoms with van der Waals surface area (Å²) in [4.78, 5) is 12.7. The highest BCUT2D eigenvalue weighted by Crippen LogP contribution is 2.31. The quantitative estimate of drug-likeness (QED) is 0.640. The van der Waals surface area contributed by atoms with Gasteiger partial charge >= 0.3 is 0 Å². The molecular formula is C17H18N2O3. The predicted molar refractivity (Wildman–Crippen MR) is 85.5 cm³/mol. The molecule has 0 atom stereocenters. The van der Waals surface area contributed by atoms with Gasteiger partial charge in [-0.25, -0.2) is 0 Å². The first-order valence-corrected chi connectivity index (χ1v) is 7.32. The van der Waals surface area contributed by atoms with E-state index in [-0.39, 0.29) is 10.6 Å². The minimum absolute atomic E-state index is 0.132. The van der Waals surface area contributed by atoms with Crippen molar-refractivity contribution >= 4 is 11.4 Å². The molecule has 1 heterocycles. The maximum atomic E-state index is 10.7. The second-order valence-electron chi connectivity index (χ2n) is 5.44. The number of nitro groups is 1. The number of hydrogen-bond donors (Lipinski definition) is 0. The normalized spacial score (nSPS) is 13.6. The van der Waals surface area contributed by atoms with Crippen LogP contribution < -0.4 is 9.64 Å². The predicted octanol–water partition coefficient (Wildman–Crippen LogP) is 3.56. The van der Waals surface area contributed by atoms with E-state index in [0.717, 1.165) is 37.2 Å². The van der Waals surface area contributed by atoms with Gasteiger partial charge in [0.1, 0.15) is 5.75 Å². The van der Waals surface area contributed by atoms with Crippen molar-refractivity contribution in [3.05, 3.63) is 63.7 Å². The number of ether oxygens (including phenoxy) is 1. The van der Waals surface area contributed by atoms with Crippen molar-refractivity contribution in [3.63, 3.8) is 0 Å². The third-order valence-electron chi connectivity index (χ3n) is 4.02. The lowest BCUT2D eigenvalue weighted by molar-refractivity contribution is -0.384. The van der Waals surface area contributed by atoms with E-state index in [2.05, 4.69) is 17.0 Å². The van der Waals surface area contributed by atoms with Gasteiger partial charge in [-0.3, -0.25) is 10.1 Å². The summed E-state index contributed by atoms with van der Waals surface area (Å²) in [6, 6.07) is 13.0. The maximum Gasteiger partial charge on any atom is 0.269 e. The lowest BCUT2D eigenvalue weighted by Gasteiger charge is -2.31. The summed E-state index contributed by atoms with van der Waals surface area (Å²) in [6.07, 6.45) is 2.16. The average molecular weight is 298 g/mol. The van der Waals surface area contributed by atoms with Crippen molar-refractivity contribution < 1.29 is 9.66 Å². The summed E-state index contributed by atoms with van der Waals surface area (Å²) in [5.74, 6) is 0.885. The zero-order valence-electron chi connectivity index (χ0n) is 12.5. The maximum absolute atomic E-state index is 10.7. The van der Waals surface area contributed by atoms with E-state index in [9.17, 15) is 10.1 Å². The van der Waals surface area contributed by atoms with Crippen LogP contribution in [-0.2, 0) is 13.0 Å². The zero-order valence-corrected chi connectivity index (χ0v) is 12.5. The Kier molecular flexibility index (Phi) is 3.96. The van der Waals surface area contributed by atoms with E-state index in [1.807, 2.05) is 18.2 Å². The van der Waals surface area contributed by atoms with Crippen LogP contribution in [-0.4, -0.2) is 18.6 Å². The van der Waals surface area contributed by atoms with Crippen molar-refractivity contribution in [3.8, 4) is 5.75 Å². The monoisotopic (exact) mass is 298 g/mol. The van der Waals surface area contributed by atoms with E-state index < -0.39 is 0 Å². The van der Waals surface area contributed by atoms with Crippen LogP contribution in [0.1, 0.15) is 17.5 Å². The van der Waals surface area contributed by atoms with Gasteiger partial charge in [0.2, 0.25) is 0 Å². The molecule has 0 unspecified atom stereocenters. The van der Waals surface area contributed by atoms with Gasteiger partial charge in [0.15, 0.2) is 0 Å². The van der Waals surface area contributed by atoms with Gasteiger partial charge in [-0.1, -0.05) is 12.1 Å². The second-order valence-corrected chi connectivity index (χ2v) is 5.44. The molecule has 1 aliphatic heterocycles. The number of nitro benzene ring substituents is 1. The lowest BCUT2D eigenvalue weighted by Crippen LogP contribution is -2.28. The van der Waals surface area contributed by atoms with Crippen molar-refractivity contribution in [1.29, 1.82) is 0 Å². The lowest BCUT2D eigenvalue weighted by atomic mass is 10.0. The number of nitrogens with zero attached hydrogens (tertiary/aromatic N) is 2. The Morgan fingerprint density at radius 2 is 2.00 bits per heavy atom. The van der Waals surface area contributed by atoms with Crippen LogP contribution in [0.3, 0.4) is 0 Å². The first-order valence-electron chi connectivity index (χ1n) is 7.32. The van der Waals surface area contributed by atoms with Gasteiger partial charge in [0.25, 0.3) is 5.69 Å². The highest BCUT2D eigenvalue weighted by Gasteiger charge is 2.18. The molecule has 0 saturated carbocycles. The minimum atomic E-state index is -0.369. The highest BCUT2D eigenvalue weighted by molar-refractivity contribution is 5.58. The van der Waals surface area contributed by atoms with E-state index in [4.69, 9.17) is 4.74 Å². The number of benzene rings is 2. The molecule has 2 aromatic rings. The number of non-ortho nitro benzene ring substituents is 1. The van der Waals surface area contributed by atoms with Crippen LogP contribution >= 0.6 is 0 Å². The summed E-state index contributed by atoms with van der Waals surface area (Å²) in [5, 5.41) is 10.7. The fraction of sp³-hybridized carbons (Fsp3) is 0.294. The zero-order chi connectivity index (χ0) is 15.5. The number of aryl methyl sites for hydroxylation is 1. The standard InChI is InChI=1S/C17H18N2O3/c1-22-16-8-9-17-14(11-16)3-2-10-18(17)12-13-4-6-15(7-5-13)19(20)21/h4-9,11H,2-3,10,12H2,1H3. The number of methoxy groups -OCH3 is 1. The van der Waals surface area contributed by atoms with E-state index in [1.54, 1.807) is 19.2 Å². The molecule has 5 heteroatoms. The van der Waals surface area contributed by atoms with E-state index in [0.29, 0.717) is 0 Å². The molecule has 2 aromatic carbocycles. The van der Waals surface area contributed by atoms with Crippen molar-refractivity contribution in [2.75, 3.05) is 18.6 Å². The first-order chi connectivity index (χ1) is 10.7. The molecule has 0 radical (unpaired) electrons. The molecule has 0 amide bonds. The topological polar surface area (TPSA) is 55.6 Å². The first kappa shape index (κ1) is 14.4. The minimum Gasteiger partial charge on any atom is -0.497 e. The van der Waals surface area contributed by atoms with Crippen LogP contribution in [0, 0.1) is 10.1 Å². The Balaban J connectivity index is 1.81. The molecule has 0 aliphatic carbocycles. The van der Waals surface area contributed by atoms with Gasteiger partial charge in [0, 0.05) is 30.9 Å². The number of hydrogen-bond acceptors (Lipinski definition) is 4. The molecule has 0 spiro atoms. The van der Waals surface area contributed by atoms with E-state index in [1.165, 1.54) is 11.3 Å². The van der Waals surface area contributed by atoms with Crippen LogP contribution in [0.15, 0.2) is 42.5 Å². The molecule has 0 aromatic heterocycles. The van der Waals surface area contributed by atoms with Crippen molar-refractivity contribution in [2.45, 2.75) is 19.4 Å². The van der Waals surface area contributed by atoms with E-state index >= 15 is 0 Å². The molecule has 0 N–H and O–H groups in total. The molecular weight excluding hydrogens is 280 g/mol. The molecule has 0 bridgehead atoms. The van der Waals surface area contributed by atoms with Crippen LogP contribution in [0.2, 0.25) is 0 Å². The molecule has 1 aliphatic rings. The Morgan fingerprint density at radius 3 is 2.68 bits per heavy atom. The SMILES string of the molecule is COc1ccc2c(c1)CCCN2Cc1ccc([N+](=O)[O-])cc1. The molecule has 0 saturated heterocycles. The van der Waals surface area contributed by atoms with Crippen molar-refractivity contribution in [2.24, 2.45) is 0 Å². The summed E-state index contributed by atoms with van der Waals surface area (Å²) in [5.41, 5.74) is 3.74. The summed E-state index contributed by atoms with van der Waals surface area (Å²) < 4.78 is 5.29. The smallest absolute Gasteiger partial charge is 0.269 e. The summed E-state index contributed by atoms with van der Waals surface area (Å²) in [6.45, 7) is 1.76. The van der Waals surface area contributed by atoms with Gasteiger partial charge in [-0.2, -0.15) is 0 Å². The number of fused-ring (bicyclic) bond motifs is 1. The second kappa shape index (κ2) is 6.05. The van der Waals surface area contributed by atoms with Crippen molar-refractivity contribution in [1.82, 2.24) is 0 Å². The third kappa shape index (κ3) is 2.88. The summed E-state index contributed by atoms with van der Waals surface area (Å²) >= 11 is 0. The molecule has 0 fully saturated rings. The molecule has 22 heavy (non-hydrogen) atoms. The van der Waals surface area contributed by atoms with Gasteiger partial charge in [-0.05, 0) is 42.2 Å².